The molecule has 0 aliphatic heterocycles. The van der Waals surface area contributed by atoms with Crippen molar-refractivity contribution in [3.8, 4) is 5.88 Å². The van der Waals surface area contributed by atoms with Crippen molar-refractivity contribution in [3.05, 3.63) is 82.2 Å². The van der Waals surface area contributed by atoms with Crippen LogP contribution in [0.3, 0.4) is 0 Å². The van der Waals surface area contributed by atoms with E-state index in [1.54, 1.807) is 24.5 Å². The number of ether oxygens (including phenoxy) is 1. The lowest BCUT2D eigenvalue weighted by molar-refractivity contribution is 0.0621. The molecule has 1 unspecified atom stereocenters. The number of hydrogen-bond acceptors (Lipinski definition) is 5. The second-order valence-corrected chi connectivity index (χ2v) is 7.89. The molecule has 3 aromatic rings. The number of aliphatic hydroxyl groups is 1. The van der Waals surface area contributed by atoms with Gasteiger partial charge in [-0.1, -0.05) is 30.3 Å². The Bertz CT molecular complexity index is 934. The molecule has 6 nitrogen and oxygen atoms in total. The van der Waals surface area contributed by atoms with Gasteiger partial charge in [0.1, 0.15) is 12.2 Å². The molecule has 0 radical (unpaired) electrons. The van der Waals surface area contributed by atoms with Crippen molar-refractivity contribution in [3.63, 3.8) is 0 Å². The summed E-state index contributed by atoms with van der Waals surface area (Å²) in [5.41, 5.74) is 2.02. The van der Waals surface area contributed by atoms with Crippen molar-refractivity contribution in [2.75, 3.05) is 13.1 Å². The standard InChI is InChI=1S/C23H28N4O2S.HI/c1-3-24-22(27-17-23(2,28)20-10-12-30-16-20)26-14-19-9-11-25-21(13-19)29-15-18-7-5-4-6-8-18;/h4-13,16,28H,3,14-15,17H2,1-2H3,(H2,24,26,27);1H. The van der Waals surface area contributed by atoms with Gasteiger partial charge in [0, 0.05) is 18.8 Å². The fraction of sp³-hybridized carbons (Fsp3) is 0.304. The van der Waals surface area contributed by atoms with Gasteiger partial charge >= 0.3 is 0 Å². The molecule has 0 bridgehead atoms. The number of halogens is 1. The lowest BCUT2D eigenvalue weighted by Gasteiger charge is -2.24. The fourth-order valence-electron chi connectivity index (χ4n) is 2.80. The van der Waals surface area contributed by atoms with Crippen molar-refractivity contribution in [1.82, 2.24) is 15.6 Å². The molecule has 1 aromatic carbocycles. The molecule has 8 heteroatoms. The topological polar surface area (TPSA) is 78.8 Å². The van der Waals surface area contributed by atoms with Crippen LogP contribution in [0.1, 0.15) is 30.5 Å². The summed E-state index contributed by atoms with van der Waals surface area (Å²) in [6.07, 6.45) is 1.73. The maximum absolute atomic E-state index is 10.7. The number of pyridine rings is 1. The molecule has 0 fully saturated rings. The number of benzene rings is 1. The average molecular weight is 552 g/mol. The van der Waals surface area contributed by atoms with Gasteiger partial charge in [-0.15, -0.1) is 24.0 Å². The van der Waals surface area contributed by atoms with Gasteiger partial charge in [0.25, 0.3) is 0 Å². The van der Waals surface area contributed by atoms with Crippen LogP contribution in [-0.2, 0) is 18.8 Å². The Hall–Kier alpha value is -2.17. The highest BCUT2D eigenvalue weighted by Gasteiger charge is 2.23. The number of rotatable bonds is 9. The lowest BCUT2D eigenvalue weighted by Crippen LogP contribution is -2.44. The number of hydrogen-bond donors (Lipinski definition) is 3. The van der Waals surface area contributed by atoms with Crippen LogP contribution >= 0.6 is 35.3 Å². The zero-order valence-electron chi connectivity index (χ0n) is 17.7. The molecule has 1 atom stereocenters. The number of aliphatic imine (C=N–C) groups is 1. The van der Waals surface area contributed by atoms with Gasteiger partial charge in [-0.05, 0) is 53.4 Å². The molecule has 0 spiro atoms. The van der Waals surface area contributed by atoms with Crippen molar-refractivity contribution < 1.29 is 9.84 Å². The van der Waals surface area contributed by atoms with Gasteiger partial charge < -0.3 is 20.5 Å². The number of guanidine groups is 1. The monoisotopic (exact) mass is 552 g/mol. The minimum atomic E-state index is -0.967. The lowest BCUT2D eigenvalue weighted by atomic mass is 9.99. The van der Waals surface area contributed by atoms with Gasteiger partial charge in [-0.3, -0.25) is 0 Å². The summed E-state index contributed by atoms with van der Waals surface area (Å²) in [4.78, 5) is 8.91. The van der Waals surface area contributed by atoms with Gasteiger partial charge in [0.2, 0.25) is 5.88 Å². The molecule has 31 heavy (non-hydrogen) atoms. The van der Waals surface area contributed by atoms with Crippen molar-refractivity contribution in [2.45, 2.75) is 32.6 Å². The van der Waals surface area contributed by atoms with Crippen LogP contribution < -0.4 is 15.4 Å². The SMILES string of the molecule is CCNC(=NCc1ccnc(OCc2ccccc2)c1)NCC(C)(O)c1ccsc1.I. The highest BCUT2D eigenvalue weighted by atomic mass is 127. The smallest absolute Gasteiger partial charge is 0.213 e. The summed E-state index contributed by atoms with van der Waals surface area (Å²) in [7, 11) is 0. The fourth-order valence-corrected chi connectivity index (χ4v) is 3.58. The first-order valence-corrected chi connectivity index (χ1v) is 10.9. The number of thiophene rings is 1. The Labute approximate surface area is 204 Å². The van der Waals surface area contributed by atoms with Crippen LogP contribution in [0.25, 0.3) is 0 Å². The minimum absolute atomic E-state index is 0. The first-order valence-electron chi connectivity index (χ1n) is 9.96. The van der Waals surface area contributed by atoms with E-state index in [-0.39, 0.29) is 24.0 Å². The molecule has 3 rings (SSSR count). The van der Waals surface area contributed by atoms with Crippen LogP contribution in [0, 0.1) is 0 Å². The molecule has 0 saturated carbocycles. The van der Waals surface area contributed by atoms with Crippen LogP contribution in [0.15, 0.2) is 70.5 Å². The number of aromatic nitrogens is 1. The Kier molecular flexibility index (Phi) is 10.2. The van der Waals surface area contributed by atoms with Crippen LogP contribution in [0.2, 0.25) is 0 Å². The third kappa shape index (κ3) is 8.12. The molecule has 0 amide bonds. The third-order valence-electron chi connectivity index (χ3n) is 4.54. The van der Waals surface area contributed by atoms with E-state index in [4.69, 9.17) is 4.74 Å². The summed E-state index contributed by atoms with van der Waals surface area (Å²) < 4.78 is 5.80. The van der Waals surface area contributed by atoms with E-state index in [0.717, 1.165) is 23.2 Å². The van der Waals surface area contributed by atoms with E-state index in [1.807, 2.05) is 66.2 Å². The Morgan fingerprint density at radius 3 is 2.68 bits per heavy atom. The molecule has 0 aliphatic carbocycles. The molecule has 0 aliphatic rings. The van der Waals surface area contributed by atoms with Gasteiger partial charge in [0.05, 0.1) is 13.1 Å². The highest BCUT2D eigenvalue weighted by Crippen LogP contribution is 2.22. The van der Waals surface area contributed by atoms with Gasteiger partial charge in [-0.25, -0.2) is 9.98 Å². The predicted molar refractivity (Wildman–Crippen MR) is 137 cm³/mol. The van der Waals surface area contributed by atoms with E-state index in [9.17, 15) is 5.11 Å². The van der Waals surface area contributed by atoms with Crippen LogP contribution in [0.4, 0.5) is 0 Å². The Balaban J connectivity index is 0.00000341. The summed E-state index contributed by atoms with van der Waals surface area (Å²) in [6, 6.07) is 15.8. The van der Waals surface area contributed by atoms with Crippen molar-refractivity contribution in [1.29, 1.82) is 0 Å². The van der Waals surface area contributed by atoms with Crippen LogP contribution in [-0.4, -0.2) is 29.1 Å². The first-order chi connectivity index (χ1) is 14.6. The van der Waals surface area contributed by atoms with Crippen molar-refractivity contribution in [2.24, 2.45) is 4.99 Å². The summed E-state index contributed by atoms with van der Waals surface area (Å²) >= 11 is 1.57. The first kappa shape index (κ1) is 25.1. The zero-order valence-corrected chi connectivity index (χ0v) is 20.9. The van der Waals surface area contributed by atoms with Crippen molar-refractivity contribution >= 4 is 41.3 Å². The minimum Gasteiger partial charge on any atom is -0.473 e. The summed E-state index contributed by atoms with van der Waals surface area (Å²) in [6.45, 7) is 5.84. The molecule has 2 heterocycles. The van der Waals surface area contributed by atoms with Gasteiger partial charge in [-0.2, -0.15) is 11.3 Å². The molecule has 166 valence electrons. The normalized spacial score (nSPS) is 13.1. The highest BCUT2D eigenvalue weighted by molar-refractivity contribution is 14.0. The van der Waals surface area contributed by atoms with Gasteiger partial charge in [0.15, 0.2) is 5.96 Å². The third-order valence-corrected chi connectivity index (χ3v) is 5.22. The number of nitrogens with zero attached hydrogens (tertiary/aromatic N) is 2. The largest absolute Gasteiger partial charge is 0.473 e. The maximum atomic E-state index is 10.7. The summed E-state index contributed by atoms with van der Waals surface area (Å²) in [5, 5.41) is 21.1. The quantitative estimate of drug-likeness (QED) is 0.210. The molecule has 0 saturated heterocycles. The summed E-state index contributed by atoms with van der Waals surface area (Å²) in [5.74, 6) is 1.22. The Morgan fingerprint density at radius 1 is 1.16 bits per heavy atom. The zero-order chi connectivity index (χ0) is 21.2. The van der Waals surface area contributed by atoms with E-state index < -0.39 is 5.60 Å². The maximum Gasteiger partial charge on any atom is 0.213 e. The van der Waals surface area contributed by atoms with Crippen LogP contribution in [0.5, 0.6) is 5.88 Å². The van der Waals surface area contributed by atoms with E-state index in [1.165, 1.54) is 0 Å². The predicted octanol–water partition coefficient (Wildman–Crippen LogP) is 4.30. The average Bonchev–Trinajstić information content (AvgIpc) is 3.31. The van der Waals surface area contributed by atoms with E-state index >= 15 is 0 Å². The molecule has 3 N–H and O–H groups in total. The molecular weight excluding hydrogens is 523 g/mol. The number of nitrogens with one attached hydrogen (secondary N) is 2. The second-order valence-electron chi connectivity index (χ2n) is 7.11. The molecular formula is C23H29IN4O2S. The Morgan fingerprint density at radius 2 is 1.97 bits per heavy atom. The second kappa shape index (κ2) is 12.6. The van der Waals surface area contributed by atoms with E-state index in [0.29, 0.717) is 31.5 Å². The van der Waals surface area contributed by atoms with E-state index in [2.05, 4.69) is 20.6 Å². The molecule has 2 aromatic heterocycles.